The Morgan fingerprint density at radius 3 is 2.27 bits per heavy atom. The molecule has 0 aromatic carbocycles. The third-order valence-electron chi connectivity index (χ3n) is 0.759. The van der Waals surface area contributed by atoms with E-state index in [0.29, 0.717) is 6.54 Å². The smallest absolute Gasteiger partial charge is 0.394 e. The molecule has 11 heavy (non-hydrogen) atoms. The molecule has 0 aliphatic heterocycles. The van der Waals surface area contributed by atoms with Gasteiger partial charge >= 0.3 is 17.9 Å². The lowest BCUT2D eigenvalue weighted by atomic mass is 10.6. The summed E-state index contributed by atoms with van der Waals surface area (Å²) in [6.07, 6.45) is 0. The molecule has 0 aliphatic carbocycles. The van der Waals surface area contributed by atoms with Crippen molar-refractivity contribution in [2.45, 2.75) is 6.92 Å². The van der Waals surface area contributed by atoms with E-state index in [9.17, 15) is 14.4 Å². The molecule has 0 fully saturated rings. The number of carbonyl (C=O) groups excluding carboxylic acids is 2. The Balaban J connectivity index is 3.76. The minimum absolute atomic E-state index is 0.332. The first-order valence-electron chi connectivity index (χ1n) is 2.90. The van der Waals surface area contributed by atoms with Crippen LogP contribution in [0.15, 0.2) is 0 Å². The van der Waals surface area contributed by atoms with Gasteiger partial charge in [0.05, 0.1) is 0 Å². The van der Waals surface area contributed by atoms with Crippen LogP contribution in [0.2, 0.25) is 0 Å². The molecule has 0 atom stereocenters. The molecule has 0 aromatic rings. The summed E-state index contributed by atoms with van der Waals surface area (Å²) >= 11 is 0. The van der Waals surface area contributed by atoms with Crippen molar-refractivity contribution in [1.82, 2.24) is 10.6 Å². The van der Waals surface area contributed by atoms with Crippen LogP contribution >= 0.6 is 0 Å². The van der Waals surface area contributed by atoms with Crippen molar-refractivity contribution >= 4 is 17.9 Å². The summed E-state index contributed by atoms with van der Waals surface area (Å²) in [5, 5.41) is 11.8. The van der Waals surface area contributed by atoms with Gasteiger partial charge in [-0.15, -0.1) is 0 Å². The molecule has 0 aliphatic rings. The van der Waals surface area contributed by atoms with E-state index < -0.39 is 17.9 Å². The first-order chi connectivity index (χ1) is 5.07. The van der Waals surface area contributed by atoms with Crippen LogP contribution in [0.25, 0.3) is 0 Å². The lowest BCUT2D eigenvalue weighted by Gasteiger charge is -1.99. The second kappa shape index (κ2) is 4.26. The van der Waals surface area contributed by atoms with Crippen molar-refractivity contribution in [2.24, 2.45) is 0 Å². The van der Waals surface area contributed by atoms with E-state index in [0.717, 1.165) is 0 Å². The lowest BCUT2D eigenvalue weighted by molar-refractivity contribution is -0.149. The van der Waals surface area contributed by atoms with Crippen molar-refractivity contribution in [3.8, 4) is 0 Å². The third-order valence-corrected chi connectivity index (χ3v) is 0.759. The molecular formula is C5H8N2O4. The average molecular weight is 160 g/mol. The fourth-order valence-electron chi connectivity index (χ4n) is 0.361. The molecule has 0 heterocycles. The van der Waals surface area contributed by atoms with Gasteiger partial charge in [0, 0.05) is 6.54 Å². The Hall–Kier alpha value is -1.59. The monoisotopic (exact) mass is 160 g/mol. The second-order valence-corrected chi connectivity index (χ2v) is 1.62. The van der Waals surface area contributed by atoms with E-state index in [1.165, 1.54) is 0 Å². The Morgan fingerprint density at radius 2 is 1.91 bits per heavy atom. The molecule has 0 rings (SSSR count). The molecule has 0 unspecified atom stereocenters. The van der Waals surface area contributed by atoms with Crippen LogP contribution < -0.4 is 10.6 Å². The number of rotatable bonds is 1. The molecule has 0 bridgehead atoms. The molecule has 62 valence electrons. The minimum atomic E-state index is -1.68. The first-order valence-corrected chi connectivity index (χ1v) is 2.90. The van der Waals surface area contributed by atoms with Gasteiger partial charge in [-0.2, -0.15) is 0 Å². The summed E-state index contributed by atoms with van der Waals surface area (Å²) in [5.41, 5.74) is 0. The van der Waals surface area contributed by atoms with Gasteiger partial charge in [0.15, 0.2) is 0 Å². The van der Waals surface area contributed by atoms with Gasteiger partial charge in [0.2, 0.25) is 0 Å². The zero-order valence-electron chi connectivity index (χ0n) is 5.88. The zero-order valence-corrected chi connectivity index (χ0v) is 5.88. The highest BCUT2D eigenvalue weighted by Crippen LogP contribution is 1.67. The molecule has 0 saturated heterocycles. The van der Waals surface area contributed by atoms with E-state index in [4.69, 9.17) is 5.11 Å². The third kappa shape index (κ3) is 3.90. The Kier molecular flexibility index (Phi) is 3.65. The molecular weight excluding hydrogens is 152 g/mol. The summed E-state index contributed by atoms with van der Waals surface area (Å²) in [6, 6.07) is -0.806. The number of nitrogens with one attached hydrogen (secondary N) is 2. The van der Waals surface area contributed by atoms with Gasteiger partial charge < -0.3 is 10.4 Å². The van der Waals surface area contributed by atoms with Crippen LogP contribution in [-0.2, 0) is 9.59 Å². The summed E-state index contributed by atoms with van der Waals surface area (Å²) in [4.78, 5) is 30.6. The molecule has 6 heteroatoms. The van der Waals surface area contributed by atoms with Gasteiger partial charge in [-0.05, 0) is 6.92 Å². The fraction of sp³-hybridized carbons (Fsp3) is 0.400. The number of carboxylic acids is 1. The van der Waals surface area contributed by atoms with Crippen LogP contribution in [-0.4, -0.2) is 29.6 Å². The highest BCUT2D eigenvalue weighted by atomic mass is 16.4. The number of carbonyl (C=O) groups is 3. The van der Waals surface area contributed by atoms with Crippen LogP contribution in [0.5, 0.6) is 0 Å². The largest absolute Gasteiger partial charge is 0.474 e. The number of amides is 3. The first kappa shape index (κ1) is 9.41. The maximum Gasteiger partial charge on any atom is 0.394 e. The van der Waals surface area contributed by atoms with Crippen LogP contribution in [0.4, 0.5) is 4.79 Å². The standard InChI is InChI=1S/C5H8N2O4/c1-2-6-5(11)7-3(8)4(9)10/h2H2,1H3,(H,9,10)(H2,6,7,8,11). The number of hydrogen-bond donors (Lipinski definition) is 3. The molecule has 0 radical (unpaired) electrons. The van der Waals surface area contributed by atoms with E-state index in [1.54, 1.807) is 12.2 Å². The van der Waals surface area contributed by atoms with Crippen molar-refractivity contribution in [2.75, 3.05) is 6.54 Å². The molecule has 0 saturated carbocycles. The number of aliphatic carboxylic acids is 1. The van der Waals surface area contributed by atoms with E-state index in [1.807, 2.05) is 0 Å². The molecule has 3 amide bonds. The summed E-state index contributed by atoms with van der Waals surface area (Å²) < 4.78 is 0. The zero-order chi connectivity index (χ0) is 8.85. The van der Waals surface area contributed by atoms with Crippen molar-refractivity contribution in [3.63, 3.8) is 0 Å². The summed E-state index contributed by atoms with van der Waals surface area (Å²) in [6.45, 7) is 1.98. The number of urea groups is 1. The Labute approximate surface area is 62.6 Å². The van der Waals surface area contributed by atoms with Crippen LogP contribution in [0.1, 0.15) is 6.92 Å². The number of imide groups is 1. The van der Waals surface area contributed by atoms with Gasteiger partial charge in [-0.25, -0.2) is 9.59 Å². The predicted octanol–water partition coefficient (Wildman–Crippen LogP) is -1.08. The molecule has 0 aromatic heterocycles. The van der Waals surface area contributed by atoms with Crippen molar-refractivity contribution < 1.29 is 19.5 Å². The number of carboxylic acid groups (broad SMARTS) is 1. The SMILES string of the molecule is CCNC(=O)NC(=O)C(=O)O. The predicted molar refractivity (Wildman–Crippen MR) is 34.9 cm³/mol. The van der Waals surface area contributed by atoms with E-state index >= 15 is 0 Å². The maximum absolute atomic E-state index is 10.5. The minimum Gasteiger partial charge on any atom is -0.474 e. The molecule has 3 N–H and O–H groups in total. The highest BCUT2D eigenvalue weighted by molar-refractivity contribution is 6.34. The molecule has 6 nitrogen and oxygen atoms in total. The van der Waals surface area contributed by atoms with E-state index in [2.05, 4.69) is 5.32 Å². The highest BCUT2D eigenvalue weighted by Gasteiger charge is 2.13. The number of hydrogen-bond acceptors (Lipinski definition) is 3. The van der Waals surface area contributed by atoms with Crippen molar-refractivity contribution in [1.29, 1.82) is 0 Å². The molecule has 0 spiro atoms. The van der Waals surface area contributed by atoms with Crippen LogP contribution in [0.3, 0.4) is 0 Å². The lowest BCUT2D eigenvalue weighted by Crippen LogP contribution is -2.42. The maximum atomic E-state index is 10.5. The normalized spacial score (nSPS) is 8.45. The Bertz CT molecular complexity index is 189. The van der Waals surface area contributed by atoms with E-state index in [-0.39, 0.29) is 0 Å². The van der Waals surface area contributed by atoms with Gasteiger partial charge in [0.25, 0.3) is 0 Å². The summed E-state index contributed by atoms with van der Waals surface area (Å²) in [5.74, 6) is -3.02. The van der Waals surface area contributed by atoms with Gasteiger partial charge in [0.1, 0.15) is 0 Å². The Morgan fingerprint density at radius 1 is 1.36 bits per heavy atom. The topological polar surface area (TPSA) is 95.5 Å². The van der Waals surface area contributed by atoms with Gasteiger partial charge in [-0.3, -0.25) is 10.1 Å². The van der Waals surface area contributed by atoms with Gasteiger partial charge in [-0.1, -0.05) is 0 Å². The second-order valence-electron chi connectivity index (χ2n) is 1.62. The average Bonchev–Trinajstić information content (AvgIpc) is 1.87. The fourth-order valence-corrected chi connectivity index (χ4v) is 0.361. The quantitative estimate of drug-likeness (QED) is 0.425. The summed E-state index contributed by atoms with van der Waals surface area (Å²) in [7, 11) is 0. The van der Waals surface area contributed by atoms with Crippen LogP contribution in [0, 0.1) is 0 Å². The van der Waals surface area contributed by atoms with Crippen molar-refractivity contribution in [3.05, 3.63) is 0 Å².